The number of benzene rings is 1. The number of nitrogens with zero attached hydrogens (tertiary/aromatic N) is 2. The first-order valence-electron chi connectivity index (χ1n) is 6.02. The van der Waals surface area contributed by atoms with E-state index < -0.39 is 0 Å². The maximum absolute atomic E-state index is 12.4. The Morgan fingerprint density at radius 3 is 2.26 bits per heavy atom. The van der Waals surface area contributed by atoms with Gasteiger partial charge in [0.15, 0.2) is 0 Å². The number of carbonyl (C=O) groups excluding carboxylic acids is 2. The van der Waals surface area contributed by atoms with Crippen molar-refractivity contribution in [3.63, 3.8) is 0 Å². The maximum Gasteiger partial charge on any atom is 0.255 e. The van der Waals surface area contributed by atoms with Crippen molar-refractivity contribution in [2.24, 2.45) is 0 Å². The van der Waals surface area contributed by atoms with E-state index in [-0.39, 0.29) is 11.8 Å². The molecule has 4 nitrogen and oxygen atoms in total. The zero-order chi connectivity index (χ0) is 14.0. The SMILES string of the molecule is CC(=O)N1CCN(C(=O)c2ccc(Br)cc2S)CC1. The molecule has 1 aromatic carbocycles. The fourth-order valence-electron chi connectivity index (χ4n) is 2.08. The van der Waals surface area contributed by atoms with Crippen LogP contribution in [0.1, 0.15) is 17.3 Å². The molecular formula is C13H15BrN2O2S. The molecule has 0 aromatic heterocycles. The minimum absolute atomic E-state index is 0.0271. The van der Waals surface area contributed by atoms with E-state index >= 15 is 0 Å². The summed E-state index contributed by atoms with van der Waals surface area (Å²) in [5.41, 5.74) is 0.600. The topological polar surface area (TPSA) is 40.6 Å². The molecule has 1 aliphatic heterocycles. The Kier molecular flexibility index (Phi) is 4.52. The second-order valence-electron chi connectivity index (χ2n) is 4.46. The molecule has 2 amide bonds. The van der Waals surface area contributed by atoms with Gasteiger partial charge in [-0.05, 0) is 18.2 Å². The zero-order valence-corrected chi connectivity index (χ0v) is 13.1. The number of thiol groups is 1. The van der Waals surface area contributed by atoms with Gasteiger partial charge in [-0.15, -0.1) is 12.6 Å². The fourth-order valence-corrected chi connectivity index (χ4v) is 2.93. The first-order chi connectivity index (χ1) is 8.99. The molecule has 0 atom stereocenters. The second kappa shape index (κ2) is 5.96. The second-order valence-corrected chi connectivity index (χ2v) is 5.86. The van der Waals surface area contributed by atoms with Crippen LogP contribution >= 0.6 is 28.6 Å². The molecule has 0 saturated carbocycles. The summed E-state index contributed by atoms with van der Waals surface area (Å²) in [6.45, 7) is 3.89. The number of hydrogen-bond acceptors (Lipinski definition) is 3. The smallest absolute Gasteiger partial charge is 0.255 e. The van der Waals surface area contributed by atoms with Crippen LogP contribution in [0.15, 0.2) is 27.6 Å². The van der Waals surface area contributed by atoms with Crippen molar-refractivity contribution in [2.75, 3.05) is 26.2 Å². The van der Waals surface area contributed by atoms with E-state index in [1.54, 1.807) is 22.8 Å². The van der Waals surface area contributed by atoms with E-state index in [1.807, 2.05) is 12.1 Å². The van der Waals surface area contributed by atoms with Crippen LogP contribution < -0.4 is 0 Å². The number of amides is 2. The van der Waals surface area contributed by atoms with Crippen molar-refractivity contribution in [1.29, 1.82) is 0 Å². The summed E-state index contributed by atoms with van der Waals surface area (Å²) < 4.78 is 0.899. The van der Waals surface area contributed by atoms with E-state index in [0.717, 1.165) is 4.47 Å². The highest BCUT2D eigenvalue weighted by Crippen LogP contribution is 2.21. The van der Waals surface area contributed by atoms with Crippen molar-refractivity contribution >= 4 is 40.4 Å². The van der Waals surface area contributed by atoms with E-state index in [0.29, 0.717) is 36.6 Å². The van der Waals surface area contributed by atoms with Gasteiger partial charge in [0, 0.05) is 42.5 Å². The summed E-state index contributed by atoms with van der Waals surface area (Å²) in [5, 5.41) is 0. The minimum Gasteiger partial charge on any atom is -0.339 e. The van der Waals surface area contributed by atoms with Gasteiger partial charge in [-0.25, -0.2) is 0 Å². The van der Waals surface area contributed by atoms with Crippen LogP contribution in [0.3, 0.4) is 0 Å². The third-order valence-electron chi connectivity index (χ3n) is 3.20. The third-order valence-corrected chi connectivity index (χ3v) is 4.07. The van der Waals surface area contributed by atoms with Crippen molar-refractivity contribution in [3.05, 3.63) is 28.2 Å². The monoisotopic (exact) mass is 342 g/mol. The molecule has 1 fully saturated rings. The average molecular weight is 343 g/mol. The molecule has 0 spiro atoms. The third kappa shape index (κ3) is 3.30. The van der Waals surface area contributed by atoms with E-state index in [1.165, 1.54) is 0 Å². The van der Waals surface area contributed by atoms with Crippen molar-refractivity contribution in [3.8, 4) is 0 Å². The molecule has 1 saturated heterocycles. The number of rotatable bonds is 1. The van der Waals surface area contributed by atoms with Crippen LogP contribution in [0.5, 0.6) is 0 Å². The zero-order valence-electron chi connectivity index (χ0n) is 10.6. The summed E-state index contributed by atoms with van der Waals surface area (Å²) in [6.07, 6.45) is 0. The molecule has 0 radical (unpaired) electrons. The normalized spacial score (nSPS) is 15.5. The van der Waals surface area contributed by atoms with Gasteiger partial charge in [-0.3, -0.25) is 9.59 Å². The van der Waals surface area contributed by atoms with Crippen LogP contribution in [0.25, 0.3) is 0 Å². The molecule has 102 valence electrons. The Balaban J connectivity index is 2.07. The van der Waals surface area contributed by atoms with Crippen LogP contribution in [0.4, 0.5) is 0 Å². The number of carbonyl (C=O) groups is 2. The summed E-state index contributed by atoms with van der Waals surface area (Å²) in [5.74, 6) is 0.0336. The van der Waals surface area contributed by atoms with E-state index in [4.69, 9.17) is 0 Å². The van der Waals surface area contributed by atoms with Gasteiger partial charge < -0.3 is 9.80 Å². The molecule has 2 rings (SSSR count). The fraction of sp³-hybridized carbons (Fsp3) is 0.385. The molecule has 0 N–H and O–H groups in total. The van der Waals surface area contributed by atoms with Crippen LogP contribution in [-0.2, 0) is 4.79 Å². The first-order valence-corrected chi connectivity index (χ1v) is 7.26. The summed E-state index contributed by atoms with van der Waals surface area (Å²) in [7, 11) is 0. The van der Waals surface area contributed by atoms with Crippen molar-refractivity contribution < 1.29 is 9.59 Å². The van der Waals surface area contributed by atoms with E-state index in [9.17, 15) is 9.59 Å². The highest BCUT2D eigenvalue weighted by molar-refractivity contribution is 9.10. The van der Waals surface area contributed by atoms with Crippen molar-refractivity contribution in [2.45, 2.75) is 11.8 Å². The Labute approximate surface area is 126 Å². The summed E-state index contributed by atoms with van der Waals surface area (Å²) in [4.78, 5) is 27.8. The molecule has 1 aliphatic rings. The lowest BCUT2D eigenvalue weighted by Gasteiger charge is -2.34. The number of piperazine rings is 1. The Hall–Kier alpha value is -1.01. The van der Waals surface area contributed by atoms with Crippen LogP contribution in [0, 0.1) is 0 Å². The molecular weight excluding hydrogens is 328 g/mol. The number of halogens is 1. The first kappa shape index (κ1) is 14.4. The van der Waals surface area contributed by atoms with Crippen molar-refractivity contribution in [1.82, 2.24) is 9.80 Å². The molecule has 0 bridgehead atoms. The van der Waals surface area contributed by atoms with Crippen LogP contribution in [0.2, 0.25) is 0 Å². The van der Waals surface area contributed by atoms with Gasteiger partial charge in [-0.1, -0.05) is 15.9 Å². The quantitative estimate of drug-likeness (QED) is 0.793. The molecule has 19 heavy (non-hydrogen) atoms. The Bertz CT molecular complexity index is 513. The van der Waals surface area contributed by atoms with Gasteiger partial charge in [0.05, 0.1) is 5.56 Å². The Morgan fingerprint density at radius 2 is 1.74 bits per heavy atom. The predicted molar refractivity (Wildman–Crippen MR) is 79.6 cm³/mol. The van der Waals surface area contributed by atoms with Gasteiger partial charge in [0.2, 0.25) is 5.91 Å². The minimum atomic E-state index is -0.0271. The largest absolute Gasteiger partial charge is 0.339 e. The molecule has 1 aromatic rings. The van der Waals surface area contributed by atoms with Gasteiger partial charge >= 0.3 is 0 Å². The highest BCUT2D eigenvalue weighted by Gasteiger charge is 2.24. The summed E-state index contributed by atoms with van der Waals surface area (Å²) >= 11 is 7.68. The van der Waals surface area contributed by atoms with Gasteiger partial charge in [0.25, 0.3) is 5.91 Å². The molecule has 0 unspecified atom stereocenters. The Morgan fingerprint density at radius 1 is 1.16 bits per heavy atom. The molecule has 0 aliphatic carbocycles. The molecule has 1 heterocycles. The predicted octanol–water partition coefficient (Wildman–Crippen LogP) is 2.04. The van der Waals surface area contributed by atoms with Crippen LogP contribution in [-0.4, -0.2) is 47.8 Å². The van der Waals surface area contributed by atoms with E-state index in [2.05, 4.69) is 28.6 Å². The lowest BCUT2D eigenvalue weighted by molar-refractivity contribution is -0.130. The number of hydrogen-bond donors (Lipinski definition) is 1. The maximum atomic E-state index is 12.4. The summed E-state index contributed by atoms with van der Waals surface area (Å²) in [6, 6.07) is 5.41. The lowest BCUT2D eigenvalue weighted by atomic mass is 10.2. The average Bonchev–Trinajstić information content (AvgIpc) is 2.38. The highest BCUT2D eigenvalue weighted by atomic mass is 79.9. The lowest BCUT2D eigenvalue weighted by Crippen LogP contribution is -2.50. The van der Waals surface area contributed by atoms with Gasteiger partial charge in [-0.2, -0.15) is 0 Å². The standard InChI is InChI=1S/C13H15BrN2O2S/c1-9(17)15-4-6-16(7-5-15)13(18)11-3-2-10(14)8-12(11)19/h2-3,8,19H,4-7H2,1H3. The molecule has 6 heteroatoms. The van der Waals surface area contributed by atoms with Gasteiger partial charge in [0.1, 0.15) is 0 Å².